The zero-order chi connectivity index (χ0) is 18.8. The summed E-state index contributed by atoms with van der Waals surface area (Å²) >= 11 is 0. The van der Waals surface area contributed by atoms with Gasteiger partial charge < -0.3 is 20.8 Å². The van der Waals surface area contributed by atoms with Crippen LogP contribution in [0.25, 0.3) is 0 Å². The van der Waals surface area contributed by atoms with Gasteiger partial charge in [-0.25, -0.2) is 0 Å². The fourth-order valence-corrected chi connectivity index (χ4v) is 4.52. The molecule has 2 saturated carbocycles. The maximum atomic E-state index is 12.8. The highest BCUT2D eigenvalue weighted by Crippen LogP contribution is 2.42. The van der Waals surface area contributed by atoms with Crippen molar-refractivity contribution in [1.29, 1.82) is 0 Å². The number of rotatable bonds is 4. The molecular formula is C21H26ClN3O3. The number of nitrogens with two attached hydrogens (primary N) is 1. The van der Waals surface area contributed by atoms with Gasteiger partial charge in [-0.05, 0) is 61.8 Å². The fourth-order valence-electron chi connectivity index (χ4n) is 4.52. The predicted octanol–water partition coefficient (Wildman–Crippen LogP) is 4.05. The first-order valence-corrected chi connectivity index (χ1v) is 9.60. The predicted molar refractivity (Wildman–Crippen MR) is 111 cm³/mol. The average Bonchev–Trinajstić information content (AvgIpc) is 3.16. The first-order chi connectivity index (χ1) is 13.1. The summed E-state index contributed by atoms with van der Waals surface area (Å²) in [5.41, 5.74) is 8.09. The lowest BCUT2D eigenvalue weighted by atomic mass is 9.65. The van der Waals surface area contributed by atoms with Crippen molar-refractivity contribution in [3.8, 4) is 0 Å². The quantitative estimate of drug-likeness (QED) is 0.717. The molecule has 2 aliphatic rings. The largest absolute Gasteiger partial charge is 0.472 e. The van der Waals surface area contributed by atoms with Gasteiger partial charge in [-0.1, -0.05) is 12.5 Å². The number of nitrogens with one attached hydrogen (secondary N) is 2. The molecule has 1 aromatic heterocycles. The Kier molecular flexibility index (Phi) is 6.42. The Balaban J connectivity index is 0.00000225. The van der Waals surface area contributed by atoms with Crippen LogP contribution in [0.5, 0.6) is 0 Å². The first kappa shape index (κ1) is 20.4. The minimum absolute atomic E-state index is 0. The van der Waals surface area contributed by atoms with Crippen LogP contribution in [-0.2, 0) is 4.79 Å². The van der Waals surface area contributed by atoms with E-state index in [-0.39, 0.29) is 36.2 Å². The number of hydrogen-bond donors (Lipinski definition) is 3. The number of furan rings is 1. The van der Waals surface area contributed by atoms with Gasteiger partial charge in [0, 0.05) is 23.3 Å². The van der Waals surface area contributed by atoms with Gasteiger partial charge >= 0.3 is 0 Å². The van der Waals surface area contributed by atoms with Crippen LogP contribution in [0.3, 0.4) is 0 Å². The van der Waals surface area contributed by atoms with Crippen molar-refractivity contribution in [1.82, 2.24) is 0 Å². The van der Waals surface area contributed by atoms with E-state index in [1.54, 1.807) is 18.2 Å². The van der Waals surface area contributed by atoms with Gasteiger partial charge in [0.25, 0.3) is 5.91 Å². The van der Waals surface area contributed by atoms with E-state index in [0.29, 0.717) is 28.8 Å². The van der Waals surface area contributed by atoms with Crippen LogP contribution in [0.15, 0.2) is 47.3 Å². The second-order valence-electron chi connectivity index (χ2n) is 7.73. The van der Waals surface area contributed by atoms with E-state index >= 15 is 0 Å². The Morgan fingerprint density at radius 1 is 1.04 bits per heavy atom. The van der Waals surface area contributed by atoms with E-state index in [0.717, 1.165) is 25.7 Å². The van der Waals surface area contributed by atoms with Crippen LogP contribution in [0.2, 0.25) is 0 Å². The van der Waals surface area contributed by atoms with Gasteiger partial charge in [0.2, 0.25) is 5.91 Å². The van der Waals surface area contributed by atoms with Gasteiger partial charge in [0.15, 0.2) is 0 Å². The zero-order valence-electron chi connectivity index (χ0n) is 15.6. The van der Waals surface area contributed by atoms with Crippen molar-refractivity contribution in [2.45, 2.75) is 38.1 Å². The molecule has 7 heteroatoms. The number of benzene rings is 1. The molecule has 4 N–H and O–H groups in total. The summed E-state index contributed by atoms with van der Waals surface area (Å²) in [5.74, 6) is 0.755. The molecule has 2 unspecified atom stereocenters. The topological polar surface area (TPSA) is 97.4 Å². The number of amides is 2. The maximum absolute atomic E-state index is 12.8. The second-order valence-corrected chi connectivity index (χ2v) is 7.73. The molecule has 2 bridgehead atoms. The number of anilines is 2. The average molecular weight is 404 g/mol. The van der Waals surface area contributed by atoms with Crippen LogP contribution in [0.4, 0.5) is 11.4 Å². The molecule has 1 heterocycles. The highest BCUT2D eigenvalue weighted by molar-refractivity contribution is 6.04. The lowest BCUT2D eigenvalue weighted by molar-refractivity contribution is -0.122. The van der Waals surface area contributed by atoms with Crippen molar-refractivity contribution < 1.29 is 14.0 Å². The summed E-state index contributed by atoms with van der Waals surface area (Å²) < 4.78 is 4.93. The van der Waals surface area contributed by atoms with Crippen LogP contribution in [0.1, 0.15) is 42.5 Å². The Hall–Kier alpha value is -2.31. The molecule has 0 saturated heterocycles. The molecule has 2 fully saturated rings. The highest BCUT2D eigenvalue weighted by Gasteiger charge is 2.40. The van der Waals surface area contributed by atoms with Crippen LogP contribution < -0.4 is 16.4 Å². The van der Waals surface area contributed by atoms with Gasteiger partial charge in [0.05, 0.1) is 11.8 Å². The summed E-state index contributed by atoms with van der Waals surface area (Å²) in [4.78, 5) is 24.9. The number of hydrogen-bond acceptors (Lipinski definition) is 4. The fraction of sp³-hybridized carbons (Fsp3) is 0.429. The van der Waals surface area contributed by atoms with Crippen molar-refractivity contribution in [2.24, 2.45) is 23.5 Å². The monoisotopic (exact) mass is 403 g/mol. The first-order valence-electron chi connectivity index (χ1n) is 9.60. The third-order valence-electron chi connectivity index (χ3n) is 5.96. The number of fused-ring (bicyclic) bond motifs is 2. The Morgan fingerprint density at radius 3 is 2.36 bits per heavy atom. The number of carbonyl (C=O) groups excluding carboxylic acids is 2. The third-order valence-corrected chi connectivity index (χ3v) is 5.96. The molecule has 1 aromatic carbocycles. The molecule has 2 atom stereocenters. The van der Waals surface area contributed by atoms with E-state index in [9.17, 15) is 9.59 Å². The Morgan fingerprint density at radius 2 is 1.71 bits per heavy atom. The third kappa shape index (κ3) is 4.39. The van der Waals surface area contributed by atoms with Crippen molar-refractivity contribution in [2.75, 3.05) is 10.6 Å². The van der Waals surface area contributed by atoms with Gasteiger partial charge in [-0.2, -0.15) is 0 Å². The molecule has 2 aromatic rings. The van der Waals surface area contributed by atoms with E-state index in [1.807, 2.05) is 12.1 Å². The van der Waals surface area contributed by atoms with Gasteiger partial charge in [-0.3, -0.25) is 9.59 Å². The molecule has 4 rings (SSSR count). The number of halogens is 1. The Bertz CT molecular complexity index is 810. The van der Waals surface area contributed by atoms with Gasteiger partial charge in [-0.15, -0.1) is 12.4 Å². The summed E-state index contributed by atoms with van der Waals surface area (Å²) in [7, 11) is 0. The molecule has 28 heavy (non-hydrogen) atoms. The minimum Gasteiger partial charge on any atom is -0.472 e. The zero-order valence-corrected chi connectivity index (χ0v) is 16.4. The Labute approximate surface area is 170 Å². The number of carbonyl (C=O) groups is 2. The molecular weight excluding hydrogens is 378 g/mol. The lowest BCUT2D eigenvalue weighted by Crippen LogP contribution is -2.48. The molecule has 2 amide bonds. The normalized spacial score (nSPS) is 26.0. The van der Waals surface area contributed by atoms with E-state index < -0.39 is 0 Å². The second kappa shape index (κ2) is 8.80. The van der Waals surface area contributed by atoms with Crippen LogP contribution in [-0.4, -0.2) is 17.9 Å². The van der Waals surface area contributed by atoms with E-state index in [1.165, 1.54) is 18.9 Å². The molecule has 2 aliphatic carbocycles. The van der Waals surface area contributed by atoms with Gasteiger partial charge in [0.1, 0.15) is 6.26 Å². The summed E-state index contributed by atoms with van der Waals surface area (Å²) in [6.45, 7) is 0. The van der Waals surface area contributed by atoms with Crippen molar-refractivity contribution in [3.63, 3.8) is 0 Å². The van der Waals surface area contributed by atoms with Crippen LogP contribution in [0, 0.1) is 17.8 Å². The molecule has 150 valence electrons. The summed E-state index contributed by atoms with van der Waals surface area (Å²) in [6, 6.07) is 9.06. The molecule has 6 nitrogen and oxygen atoms in total. The van der Waals surface area contributed by atoms with E-state index in [4.69, 9.17) is 10.2 Å². The smallest absolute Gasteiger partial charge is 0.258 e. The lowest BCUT2D eigenvalue weighted by Gasteiger charge is -2.43. The SMILES string of the molecule is Cl.NC1C2CCCC1CC(C(=O)Nc1cccc(NC(=O)c3ccoc3)c1)C2. The molecule has 0 spiro atoms. The molecule has 0 radical (unpaired) electrons. The highest BCUT2D eigenvalue weighted by atomic mass is 35.5. The molecule has 0 aliphatic heterocycles. The van der Waals surface area contributed by atoms with Crippen LogP contribution >= 0.6 is 12.4 Å². The minimum atomic E-state index is -0.249. The van der Waals surface area contributed by atoms with Crippen molar-refractivity contribution >= 4 is 35.6 Å². The maximum Gasteiger partial charge on any atom is 0.258 e. The summed E-state index contributed by atoms with van der Waals surface area (Å²) in [6.07, 6.45) is 8.10. The van der Waals surface area contributed by atoms with Crippen molar-refractivity contribution in [3.05, 3.63) is 48.4 Å². The standard InChI is InChI=1S/C21H25N3O3.ClH/c22-19-13-3-1-4-14(19)10-16(9-13)21(26)24-18-6-2-5-17(11-18)23-20(25)15-7-8-27-12-15;/h2,5-8,11-14,16,19H,1,3-4,9-10,22H2,(H,23,25)(H,24,26);1H. The summed E-state index contributed by atoms with van der Waals surface area (Å²) in [5, 5.41) is 5.82. The van der Waals surface area contributed by atoms with E-state index in [2.05, 4.69) is 10.6 Å².